The Morgan fingerprint density at radius 3 is 2.75 bits per heavy atom. The lowest BCUT2D eigenvalue weighted by atomic mass is 9.95. The van der Waals surface area contributed by atoms with E-state index >= 15 is 0 Å². The zero-order chi connectivity index (χ0) is 14.4. The molecule has 1 aromatic carbocycles. The summed E-state index contributed by atoms with van der Waals surface area (Å²) in [4.78, 5) is 0. The van der Waals surface area contributed by atoms with Crippen molar-refractivity contribution in [1.29, 1.82) is 0 Å². The van der Waals surface area contributed by atoms with Crippen LogP contribution in [-0.4, -0.2) is 19.2 Å². The van der Waals surface area contributed by atoms with Crippen LogP contribution >= 0.6 is 27.5 Å². The molecule has 20 heavy (non-hydrogen) atoms. The van der Waals surface area contributed by atoms with Crippen molar-refractivity contribution in [2.45, 2.75) is 51.5 Å². The standard InChI is InChI=1S/C16H23BrClNO/c1-12-10-13(17)11-15(18)16(12)20-9-5-8-19-14-6-3-2-4-7-14/h10-11,14,19H,2-9H2,1H3. The second-order valence-electron chi connectivity index (χ2n) is 5.52. The van der Waals surface area contributed by atoms with Gasteiger partial charge in [0.05, 0.1) is 11.6 Å². The monoisotopic (exact) mass is 359 g/mol. The third-order valence-corrected chi connectivity index (χ3v) is 4.54. The number of nitrogens with one attached hydrogen (secondary N) is 1. The van der Waals surface area contributed by atoms with Crippen LogP contribution in [0.15, 0.2) is 16.6 Å². The van der Waals surface area contributed by atoms with Crippen LogP contribution in [0.25, 0.3) is 0 Å². The fraction of sp³-hybridized carbons (Fsp3) is 0.625. The van der Waals surface area contributed by atoms with E-state index in [0.29, 0.717) is 11.6 Å². The molecule has 0 heterocycles. The molecule has 0 atom stereocenters. The first-order valence-electron chi connectivity index (χ1n) is 7.48. The Labute approximate surface area is 135 Å². The molecular formula is C16H23BrClNO. The molecule has 0 aromatic heterocycles. The van der Waals surface area contributed by atoms with E-state index in [-0.39, 0.29) is 0 Å². The van der Waals surface area contributed by atoms with E-state index in [4.69, 9.17) is 16.3 Å². The molecule has 0 radical (unpaired) electrons. The molecule has 1 aromatic rings. The van der Waals surface area contributed by atoms with Gasteiger partial charge in [-0.3, -0.25) is 0 Å². The molecule has 112 valence electrons. The molecule has 4 heteroatoms. The Bertz CT molecular complexity index is 409. The number of halogens is 2. The first-order chi connectivity index (χ1) is 9.66. The van der Waals surface area contributed by atoms with Crippen LogP contribution in [-0.2, 0) is 0 Å². The second kappa shape index (κ2) is 8.26. The number of hydrogen-bond donors (Lipinski definition) is 1. The minimum Gasteiger partial charge on any atom is -0.492 e. The van der Waals surface area contributed by atoms with Crippen LogP contribution in [0.4, 0.5) is 0 Å². The lowest BCUT2D eigenvalue weighted by molar-refractivity contribution is 0.295. The second-order valence-corrected chi connectivity index (χ2v) is 6.85. The molecule has 1 saturated carbocycles. The van der Waals surface area contributed by atoms with Crippen LogP contribution < -0.4 is 10.1 Å². The summed E-state index contributed by atoms with van der Waals surface area (Å²) >= 11 is 9.63. The van der Waals surface area contributed by atoms with E-state index in [1.54, 1.807) is 0 Å². The SMILES string of the molecule is Cc1cc(Br)cc(Cl)c1OCCCNC1CCCCC1. The van der Waals surface area contributed by atoms with Gasteiger partial charge in [-0.15, -0.1) is 0 Å². The summed E-state index contributed by atoms with van der Waals surface area (Å²) < 4.78 is 6.81. The molecule has 1 aliphatic carbocycles. The maximum atomic E-state index is 6.20. The van der Waals surface area contributed by atoms with E-state index < -0.39 is 0 Å². The molecule has 0 amide bonds. The zero-order valence-corrected chi connectivity index (χ0v) is 14.4. The molecule has 1 N–H and O–H groups in total. The maximum absolute atomic E-state index is 6.20. The van der Waals surface area contributed by atoms with Gasteiger partial charge in [-0.1, -0.05) is 46.8 Å². The van der Waals surface area contributed by atoms with E-state index in [2.05, 4.69) is 21.2 Å². The highest BCUT2D eigenvalue weighted by molar-refractivity contribution is 9.10. The molecular weight excluding hydrogens is 338 g/mol. The summed E-state index contributed by atoms with van der Waals surface area (Å²) in [5, 5.41) is 4.30. The van der Waals surface area contributed by atoms with Crippen molar-refractivity contribution in [1.82, 2.24) is 5.32 Å². The predicted octanol–water partition coefficient (Wildman–Crippen LogP) is 5.10. The quantitative estimate of drug-likeness (QED) is 0.712. The van der Waals surface area contributed by atoms with E-state index in [0.717, 1.165) is 34.8 Å². The van der Waals surface area contributed by atoms with Gasteiger partial charge in [0.2, 0.25) is 0 Å². The zero-order valence-electron chi connectivity index (χ0n) is 12.1. The Balaban J connectivity index is 1.68. The van der Waals surface area contributed by atoms with Gasteiger partial charge < -0.3 is 10.1 Å². The first kappa shape index (κ1) is 16.1. The third-order valence-electron chi connectivity index (χ3n) is 3.80. The van der Waals surface area contributed by atoms with Gasteiger partial charge >= 0.3 is 0 Å². The van der Waals surface area contributed by atoms with Gasteiger partial charge in [-0.2, -0.15) is 0 Å². The van der Waals surface area contributed by atoms with Crippen LogP contribution in [0.5, 0.6) is 5.75 Å². The van der Waals surface area contributed by atoms with E-state index in [1.807, 2.05) is 19.1 Å². The molecule has 1 aliphatic rings. The highest BCUT2D eigenvalue weighted by Gasteiger charge is 2.12. The molecule has 2 nitrogen and oxygen atoms in total. The number of rotatable bonds is 6. The topological polar surface area (TPSA) is 21.3 Å². The number of ether oxygens (including phenoxy) is 1. The van der Waals surface area contributed by atoms with Crippen molar-refractivity contribution in [2.75, 3.05) is 13.2 Å². The largest absolute Gasteiger partial charge is 0.492 e. The summed E-state index contributed by atoms with van der Waals surface area (Å²) in [7, 11) is 0. The van der Waals surface area contributed by atoms with Gasteiger partial charge in [0.25, 0.3) is 0 Å². The predicted molar refractivity (Wildman–Crippen MR) is 88.9 cm³/mol. The van der Waals surface area contributed by atoms with Gasteiger partial charge in [0.15, 0.2) is 0 Å². The van der Waals surface area contributed by atoms with Crippen LogP contribution in [0.3, 0.4) is 0 Å². The van der Waals surface area contributed by atoms with Crippen molar-refractivity contribution < 1.29 is 4.74 Å². The van der Waals surface area contributed by atoms with Crippen molar-refractivity contribution in [3.05, 3.63) is 27.2 Å². The van der Waals surface area contributed by atoms with Gasteiger partial charge in [0, 0.05) is 10.5 Å². The van der Waals surface area contributed by atoms with E-state index in [1.165, 1.54) is 32.1 Å². The van der Waals surface area contributed by atoms with Crippen molar-refractivity contribution in [2.24, 2.45) is 0 Å². The Kier molecular flexibility index (Phi) is 6.66. The third kappa shape index (κ3) is 4.94. The van der Waals surface area contributed by atoms with E-state index in [9.17, 15) is 0 Å². The van der Waals surface area contributed by atoms with Crippen molar-refractivity contribution in [3.63, 3.8) is 0 Å². The average Bonchev–Trinajstić information content (AvgIpc) is 2.42. The van der Waals surface area contributed by atoms with Crippen LogP contribution in [0.1, 0.15) is 44.1 Å². The molecule has 0 spiro atoms. The van der Waals surface area contributed by atoms with Gasteiger partial charge in [0.1, 0.15) is 5.75 Å². The number of benzene rings is 1. The molecule has 2 rings (SSSR count). The Hall–Kier alpha value is -0.250. The highest BCUT2D eigenvalue weighted by atomic mass is 79.9. The summed E-state index contributed by atoms with van der Waals surface area (Å²) in [6.45, 7) is 3.76. The van der Waals surface area contributed by atoms with Gasteiger partial charge in [-0.25, -0.2) is 0 Å². The summed E-state index contributed by atoms with van der Waals surface area (Å²) in [5.41, 5.74) is 1.07. The van der Waals surface area contributed by atoms with Crippen molar-refractivity contribution in [3.8, 4) is 5.75 Å². The molecule has 0 unspecified atom stereocenters. The van der Waals surface area contributed by atoms with Crippen molar-refractivity contribution >= 4 is 27.5 Å². The van der Waals surface area contributed by atoms with Crippen LogP contribution in [0, 0.1) is 6.92 Å². The summed E-state index contributed by atoms with van der Waals surface area (Å²) in [6.07, 6.45) is 7.84. The smallest absolute Gasteiger partial charge is 0.140 e. The average molecular weight is 361 g/mol. The first-order valence-corrected chi connectivity index (χ1v) is 8.66. The normalized spacial score (nSPS) is 16.4. The molecule has 0 bridgehead atoms. The number of hydrogen-bond acceptors (Lipinski definition) is 2. The summed E-state index contributed by atoms with van der Waals surface area (Å²) in [6, 6.07) is 4.63. The van der Waals surface area contributed by atoms with Gasteiger partial charge in [-0.05, 0) is 50.4 Å². The Morgan fingerprint density at radius 1 is 1.30 bits per heavy atom. The fourth-order valence-corrected chi connectivity index (χ4v) is 3.76. The lowest BCUT2D eigenvalue weighted by Crippen LogP contribution is -2.32. The minimum absolute atomic E-state index is 0.678. The number of aryl methyl sites for hydroxylation is 1. The molecule has 1 fully saturated rings. The fourth-order valence-electron chi connectivity index (χ4n) is 2.73. The molecule has 0 saturated heterocycles. The maximum Gasteiger partial charge on any atom is 0.140 e. The molecule has 0 aliphatic heterocycles. The Morgan fingerprint density at radius 2 is 2.05 bits per heavy atom. The highest BCUT2D eigenvalue weighted by Crippen LogP contribution is 2.32. The van der Waals surface area contributed by atoms with Crippen LogP contribution in [0.2, 0.25) is 5.02 Å². The lowest BCUT2D eigenvalue weighted by Gasteiger charge is -2.22. The minimum atomic E-state index is 0.678. The summed E-state index contributed by atoms with van der Waals surface area (Å²) in [5.74, 6) is 0.813.